The van der Waals surface area contributed by atoms with E-state index in [2.05, 4.69) is 89.8 Å². The molecule has 3 aromatic carbocycles. The highest BCUT2D eigenvalue weighted by Crippen LogP contribution is 2.54. The van der Waals surface area contributed by atoms with Gasteiger partial charge in [0.25, 0.3) is 0 Å². The fourth-order valence-corrected chi connectivity index (χ4v) is 5.10. The zero-order valence-corrected chi connectivity index (χ0v) is 15.0. The van der Waals surface area contributed by atoms with Crippen LogP contribution < -0.4 is 4.90 Å². The minimum atomic E-state index is -0.277. The Bertz CT molecular complexity index is 820. The van der Waals surface area contributed by atoms with Gasteiger partial charge in [-0.15, -0.1) is 12.6 Å². The third-order valence-corrected chi connectivity index (χ3v) is 6.24. The molecule has 3 aromatic rings. The van der Waals surface area contributed by atoms with Gasteiger partial charge in [-0.2, -0.15) is 0 Å². The molecule has 0 bridgehead atoms. The lowest BCUT2D eigenvalue weighted by Crippen LogP contribution is -2.39. The maximum absolute atomic E-state index is 5.15. The van der Waals surface area contributed by atoms with E-state index >= 15 is 0 Å². The first kappa shape index (κ1) is 15.7. The first-order valence-electron chi connectivity index (χ1n) is 8.10. The summed E-state index contributed by atoms with van der Waals surface area (Å²) < 4.78 is -0.277. The van der Waals surface area contributed by atoms with Crippen molar-refractivity contribution in [1.82, 2.24) is 0 Å². The fraction of sp³-hybridized carbons (Fsp3) is 0.143. The third kappa shape index (κ3) is 3.06. The average molecular weight is 350 g/mol. The third-order valence-electron chi connectivity index (χ3n) is 4.31. The second kappa shape index (κ2) is 6.58. The molecule has 0 amide bonds. The Morgan fingerprint density at radius 3 is 2.04 bits per heavy atom. The van der Waals surface area contributed by atoms with Gasteiger partial charge in [0.05, 0.1) is 5.69 Å². The maximum atomic E-state index is 5.15. The lowest BCUT2D eigenvalue weighted by atomic mass is 10.1. The van der Waals surface area contributed by atoms with E-state index in [0.717, 1.165) is 13.0 Å². The van der Waals surface area contributed by atoms with Crippen LogP contribution in [0.5, 0.6) is 0 Å². The van der Waals surface area contributed by atoms with Gasteiger partial charge in [0, 0.05) is 17.9 Å². The van der Waals surface area contributed by atoms with E-state index < -0.39 is 0 Å². The normalized spacial score (nSPS) is 19.3. The van der Waals surface area contributed by atoms with E-state index in [4.69, 9.17) is 12.6 Å². The molecular formula is C21H19NS2. The molecule has 0 N–H and O–H groups in total. The summed E-state index contributed by atoms with van der Waals surface area (Å²) >= 11 is 7.00. The van der Waals surface area contributed by atoms with Crippen LogP contribution in [0.4, 0.5) is 5.69 Å². The molecule has 1 aliphatic rings. The number of nitrogens with zero attached hydrogens (tertiary/aromatic N) is 1. The van der Waals surface area contributed by atoms with Crippen LogP contribution >= 0.6 is 24.4 Å². The van der Waals surface area contributed by atoms with Crippen molar-refractivity contribution in [1.29, 1.82) is 0 Å². The number of para-hydroxylation sites is 1. The van der Waals surface area contributed by atoms with Gasteiger partial charge in [-0.05, 0) is 23.3 Å². The van der Waals surface area contributed by atoms with Crippen LogP contribution in [0.15, 0.2) is 89.8 Å². The van der Waals surface area contributed by atoms with Gasteiger partial charge >= 0.3 is 0 Å². The molecule has 4 rings (SSSR count). The summed E-state index contributed by atoms with van der Waals surface area (Å²) in [5, 5.41) is 0. The first-order chi connectivity index (χ1) is 11.7. The molecule has 0 fully saturated rings. The van der Waals surface area contributed by atoms with Crippen LogP contribution in [-0.2, 0) is 13.0 Å². The van der Waals surface area contributed by atoms with Crippen molar-refractivity contribution in [2.45, 2.75) is 22.1 Å². The monoisotopic (exact) mass is 349 g/mol. The van der Waals surface area contributed by atoms with E-state index in [0.29, 0.717) is 0 Å². The van der Waals surface area contributed by atoms with Gasteiger partial charge in [-0.25, -0.2) is 0 Å². The van der Waals surface area contributed by atoms with Crippen LogP contribution in [0.1, 0.15) is 11.1 Å². The number of thioether (sulfide) groups is 1. The molecule has 3 heteroatoms. The summed E-state index contributed by atoms with van der Waals surface area (Å²) in [6.45, 7) is 0.862. The predicted octanol–water partition coefficient (Wildman–Crippen LogP) is 5.63. The van der Waals surface area contributed by atoms with Gasteiger partial charge in [-0.1, -0.05) is 84.6 Å². The number of rotatable bonds is 4. The van der Waals surface area contributed by atoms with Crippen molar-refractivity contribution in [2.75, 3.05) is 4.90 Å². The molecule has 0 aromatic heterocycles. The summed E-state index contributed by atoms with van der Waals surface area (Å²) in [6, 6.07) is 29.9. The highest BCUT2D eigenvalue weighted by atomic mass is 32.2. The van der Waals surface area contributed by atoms with Crippen molar-refractivity contribution in [3.63, 3.8) is 0 Å². The number of fused-ring (bicyclic) bond motifs is 1. The molecule has 24 heavy (non-hydrogen) atoms. The molecule has 1 nitrogen and oxygen atoms in total. The van der Waals surface area contributed by atoms with Crippen LogP contribution in [-0.4, -0.2) is 4.20 Å². The van der Waals surface area contributed by atoms with Gasteiger partial charge < -0.3 is 4.90 Å². The van der Waals surface area contributed by atoms with E-state index in [1.54, 1.807) is 0 Å². The van der Waals surface area contributed by atoms with Crippen LogP contribution in [0.2, 0.25) is 0 Å². The smallest absolute Gasteiger partial charge is 0.139 e. The SMILES string of the molecule is SC1(Cc2ccccc2)Sc2ccccc2N1Cc1ccccc1. The number of hydrogen-bond donors (Lipinski definition) is 1. The van der Waals surface area contributed by atoms with E-state index in [9.17, 15) is 0 Å². The van der Waals surface area contributed by atoms with Crippen molar-refractivity contribution in [3.05, 3.63) is 96.1 Å². The Morgan fingerprint density at radius 1 is 0.750 bits per heavy atom. The number of hydrogen-bond acceptors (Lipinski definition) is 3. The summed E-state index contributed by atoms with van der Waals surface area (Å²) in [7, 11) is 0. The Balaban J connectivity index is 1.70. The first-order valence-corrected chi connectivity index (χ1v) is 9.37. The zero-order chi connectivity index (χ0) is 16.4. The summed E-state index contributed by atoms with van der Waals surface area (Å²) in [4.78, 5) is 3.73. The fourth-order valence-electron chi connectivity index (χ4n) is 3.15. The lowest BCUT2D eigenvalue weighted by molar-refractivity contribution is 0.710. The Morgan fingerprint density at radius 2 is 1.33 bits per heavy atom. The van der Waals surface area contributed by atoms with Crippen LogP contribution in [0.25, 0.3) is 0 Å². The molecule has 1 unspecified atom stereocenters. The van der Waals surface area contributed by atoms with Gasteiger partial charge in [0.2, 0.25) is 0 Å². The molecule has 0 saturated carbocycles. The second-order valence-corrected chi connectivity index (χ2v) is 8.41. The number of thiol groups is 1. The van der Waals surface area contributed by atoms with Crippen LogP contribution in [0.3, 0.4) is 0 Å². The maximum Gasteiger partial charge on any atom is 0.139 e. The molecule has 0 radical (unpaired) electrons. The largest absolute Gasteiger partial charge is 0.343 e. The topological polar surface area (TPSA) is 3.24 Å². The van der Waals surface area contributed by atoms with E-state index in [-0.39, 0.29) is 4.20 Å². The number of anilines is 1. The van der Waals surface area contributed by atoms with Gasteiger partial charge in [0.15, 0.2) is 0 Å². The Labute approximate surface area is 153 Å². The van der Waals surface area contributed by atoms with E-state index in [1.807, 2.05) is 11.8 Å². The second-order valence-electron chi connectivity index (χ2n) is 6.05. The highest BCUT2D eigenvalue weighted by Gasteiger charge is 2.41. The molecule has 120 valence electrons. The van der Waals surface area contributed by atoms with Gasteiger partial charge in [0.1, 0.15) is 4.20 Å². The molecule has 0 spiro atoms. The van der Waals surface area contributed by atoms with Crippen molar-refractivity contribution < 1.29 is 0 Å². The molecule has 0 aliphatic carbocycles. The summed E-state index contributed by atoms with van der Waals surface area (Å²) in [5.41, 5.74) is 3.89. The van der Waals surface area contributed by atoms with Crippen molar-refractivity contribution in [3.8, 4) is 0 Å². The Kier molecular flexibility index (Phi) is 4.30. The summed E-state index contributed by atoms with van der Waals surface area (Å²) in [5.74, 6) is 0. The molecular weight excluding hydrogens is 330 g/mol. The minimum absolute atomic E-state index is 0.277. The van der Waals surface area contributed by atoms with Crippen molar-refractivity contribution in [2.24, 2.45) is 0 Å². The van der Waals surface area contributed by atoms with E-state index in [1.165, 1.54) is 21.7 Å². The lowest BCUT2D eigenvalue weighted by Gasteiger charge is -2.35. The van der Waals surface area contributed by atoms with Crippen LogP contribution in [0, 0.1) is 0 Å². The quantitative estimate of drug-likeness (QED) is 0.609. The predicted molar refractivity (Wildman–Crippen MR) is 107 cm³/mol. The molecule has 1 heterocycles. The Hall–Kier alpha value is -1.84. The molecule has 1 aliphatic heterocycles. The average Bonchev–Trinajstić information content (AvgIpc) is 2.88. The number of benzene rings is 3. The highest BCUT2D eigenvalue weighted by molar-refractivity contribution is 8.12. The molecule has 0 saturated heterocycles. The minimum Gasteiger partial charge on any atom is -0.343 e. The summed E-state index contributed by atoms with van der Waals surface area (Å²) in [6.07, 6.45) is 0.892. The molecule has 1 atom stereocenters. The zero-order valence-electron chi connectivity index (χ0n) is 13.3. The van der Waals surface area contributed by atoms with Gasteiger partial charge in [-0.3, -0.25) is 0 Å². The standard InChI is InChI=1S/C21H19NS2/c23-21(15-17-9-3-1-4-10-17)22(16-18-11-5-2-6-12-18)19-13-7-8-14-20(19)24-21/h1-14,23H,15-16H2. The van der Waals surface area contributed by atoms with Crippen molar-refractivity contribution >= 4 is 30.1 Å².